The van der Waals surface area contributed by atoms with Gasteiger partial charge >= 0.3 is 0 Å². The van der Waals surface area contributed by atoms with E-state index in [-0.39, 0.29) is 29.1 Å². The Morgan fingerprint density at radius 3 is 2.83 bits per heavy atom. The van der Waals surface area contributed by atoms with Crippen molar-refractivity contribution in [1.82, 2.24) is 5.32 Å². The monoisotopic (exact) mass is 275 g/mol. The molecular weight excluding hydrogens is 261 g/mol. The van der Waals surface area contributed by atoms with Gasteiger partial charge in [0, 0.05) is 18.9 Å². The third kappa shape index (κ3) is 2.56. The predicted molar refractivity (Wildman–Crippen MR) is 63.3 cm³/mol. The van der Waals surface area contributed by atoms with Crippen molar-refractivity contribution in [3.63, 3.8) is 0 Å². The standard InChI is InChI=1S/C11H14FNO4S/c1-13-5-7-6-16-11-9(12)3-8(18(2,14)15)4-10(11)17-7/h3-4,7,13H,5-6H2,1-2H3/t7-/m0/s1. The quantitative estimate of drug-likeness (QED) is 0.874. The Kier molecular flexibility index (Phi) is 3.45. The van der Waals surface area contributed by atoms with E-state index in [2.05, 4.69) is 5.32 Å². The zero-order chi connectivity index (χ0) is 13.3. The third-order valence-electron chi connectivity index (χ3n) is 2.55. The Balaban J connectivity index is 2.40. The molecule has 0 bridgehead atoms. The van der Waals surface area contributed by atoms with Gasteiger partial charge < -0.3 is 14.8 Å². The summed E-state index contributed by atoms with van der Waals surface area (Å²) >= 11 is 0. The summed E-state index contributed by atoms with van der Waals surface area (Å²) in [5.74, 6) is -0.632. The summed E-state index contributed by atoms with van der Waals surface area (Å²) in [4.78, 5) is -0.118. The summed E-state index contributed by atoms with van der Waals surface area (Å²) in [7, 11) is -1.72. The van der Waals surface area contributed by atoms with Gasteiger partial charge in [0.25, 0.3) is 0 Å². The van der Waals surface area contributed by atoms with Crippen LogP contribution in [0.2, 0.25) is 0 Å². The fourth-order valence-corrected chi connectivity index (χ4v) is 2.34. The lowest BCUT2D eigenvalue weighted by Gasteiger charge is -2.26. The highest BCUT2D eigenvalue weighted by Crippen LogP contribution is 2.36. The van der Waals surface area contributed by atoms with E-state index in [4.69, 9.17) is 9.47 Å². The SMILES string of the molecule is CNC[C@H]1COc2c(F)cc(S(C)(=O)=O)cc2O1. The van der Waals surface area contributed by atoms with Crippen molar-refractivity contribution in [2.24, 2.45) is 0 Å². The smallest absolute Gasteiger partial charge is 0.197 e. The van der Waals surface area contributed by atoms with E-state index < -0.39 is 15.7 Å². The maximum absolute atomic E-state index is 13.7. The van der Waals surface area contributed by atoms with Gasteiger partial charge in [0.15, 0.2) is 27.2 Å². The van der Waals surface area contributed by atoms with Crippen LogP contribution in [-0.4, -0.2) is 41.0 Å². The lowest BCUT2D eigenvalue weighted by atomic mass is 10.2. The topological polar surface area (TPSA) is 64.6 Å². The zero-order valence-electron chi connectivity index (χ0n) is 10.1. The molecule has 1 aromatic rings. The van der Waals surface area contributed by atoms with E-state index in [0.717, 1.165) is 12.3 Å². The van der Waals surface area contributed by atoms with Gasteiger partial charge in [0.2, 0.25) is 0 Å². The molecule has 0 saturated carbocycles. The van der Waals surface area contributed by atoms with Crippen LogP contribution in [0.3, 0.4) is 0 Å². The lowest BCUT2D eigenvalue weighted by Crippen LogP contribution is -2.37. The van der Waals surface area contributed by atoms with Crippen LogP contribution in [-0.2, 0) is 9.84 Å². The molecule has 1 aliphatic heterocycles. The Labute approximate surface area is 105 Å². The fraction of sp³-hybridized carbons (Fsp3) is 0.455. The summed E-state index contributed by atoms with van der Waals surface area (Å²) in [5.41, 5.74) is 0. The molecule has 1 aromatic carbocycles. The van der Waals surface area contributed by atoms with E-state index in [9.17, 15) is 12.8 Å². The minimum atomic E-state index is -3.48. The van der Waals surface area contributed by atoms with Crippen LogP contribution in [0.1, 0.15) is 0 Å². The van der Waals surface area contributed by atoms with E-state index in [1.807, 2.05) is 0 Å². The van der Waals surface area contributed by atoms with Gasteiger partial charge in [-0.15, -0.1) is 0 Å². The Hall–Kier alpha value is -1.34. The molecule has 0 aromatic heterocycles. The van der Waals surface area contributed by atoms with E-state index in [1.165, 1.54) is 6.07 Å². The number of rotatable bonds is 3. The largest absolute Gasteiger partial charge is 0.483 e. The molecule has 0 radical (unpaired) electrons. The number of nitrogens with one attached hydrogen (secondary N) is 1. The molecule has 1 heterocycles. The van der Waals surface area contributed by atoms with Gasteiger partial charge in [0.1, 0.15) is 12.7 Å². The summed E-state index contributed by atoms with van der Waals surface area (Å²) in [6.07, 6.45) is 0.750. The second-order valence-electron chi connectivity index (χ2n) is 4.11. The number of benzene rings is 1. The second-order valence-corrected chi connectivity index (χ2v) is 6.13. The molecule has 0 aliphatic carbocycles. The molecule has 5 nitrogen and oxygen atoms in total. The number of fused-ring (bicyclic) bond motifs is 1. The van der Waals surface area contributed by atoms with Crippen LogP contribution in [0, 0.1) is 5.82 Å². The van der Waals surface area contributed by atoms with Gasteiger partial charge in [0.05, 0.1) is 4.90 Å². The molecule has 18 heavy (non-hydrogen) atoms. The van der Waals surface area contributed by atoms with Crippen molar-refractivity contribution in [1.29, 1.82) is 0 Å². The number of hydrogen-bond donors (Lipinski definition) is 1. The summed E-state index contributed by atoms with van der Waals surface area (Å²) in [5, 5.41) is 2.91. The molecule has 1 N–H and O–H groups in total. The molecule has 1 atom stereocenters. The first-order chi connectivity index (χ1) is 8.41. The lowest BCUT2D eigenvalue weighted by molar-refractivity contribution is 0.0871. The van der Waals surface area contributed by atoms with Crippen molar-refractivity contribution in [3.8, 4) is 11.5 Å². The molecule has 0 fully saturated rings. The number of likely N-dealkylation sites (N-methyl/N-ethyl adjacent to an activating group) is 1. The molecule has 0 unspecified atom stereocenters. The van der Waals surface area contributed by atoms with Gasteiger partial charge in [-0.3, -0.25) is 0 Å². The van der Waals surface area contributed by atoms with E-state index in [1.54, 1.807) is 7.05 Å². The Morgan fingerprint density at radius 2 is 2.22 bits per heavy atom. The third-order valence-corrected chi connectivity index (χ3v) is 3.64. The van der Waals surface area contributed by atoms with Crippen molar-refractivity contribution < 1.29 is 22.3 Å². The number of halogens is 1. The first-order valence-electron chi connectivity index (χ1n) is 5.39. The first kappa shape index (κ1) is 13.1. The highest BCUT2D eigenvalue weighted by molar-refractivity contribution is 7.90. The van der Waals surface area contributed by atoms with Gasteiger partial charge in [-0.05, 0) is 13.1 Å². The average molecular weight is 275 g/mol. The second kappa shape index (κ2) is 4.74. The van der Waals surface area contributed by atoms with Crippen LogP contribution < -0.4 is 14.8 Å². The predicted octanol–water partition coefficient (Wildman–Crippen LogP) is 0.588. The van der Waals surface area contributed by atoms with Crippen LogP contribution in [0.4, 0.5) is 4.39 Å². The molecular formula is C11H14FNO4S. The maximum atomic E-state index is 13.7. The van der Waals surface area contributed by atoms with Crippen LogP contribution >= 0.6 is 0 Å². The molecule has 1 aliphatic rings. The zero-order valence-corrected chi connectivity index (χ0v) is 10.9. The van der Waals surface area contributed by atoms with Crippen molar-refractivity contribution in [2.75, 3.05) is 26.5 Å². The Bertz CT molecular complexity index is 558. The Morgan fingerprint density at radius 1 is 1.50 bits per heavy atom. The fourth-order valence-electron chi connectivity index (χ4n) is 1.70. The molecule has 0 spiro atoms. The minimum absolute atomic E-state index is 0.0326. The van der Waals surface area contributed by atoms with Crippen molar-refractivity contribution in [2.45, 2.75) is 11.0 Å². The van der Waals surface area contributed by atoms with Gasteiger partial charge in [-0.2, -0.15) is 0 Å². The van der Waals surface area contributed by atoms with Crippen molar-refractivity contribution in [3.05, 3.63) is 17.9 Å². The number of sulfone groups is 1. The summed E-state index contributed by atoms with van der Waals surface area (Å²) < 4.78 is 47.2. The maximum Gasteiger partial charge on any atom is 0.197 e. The molecule has 100 valence electrons. The van der Waals surface area contributed by atoms with Crippen LogP contribution in [0.15, 0.2) is 17.0 Å². The van der Waals surface area contributed by atoms with E-state index >= 15 is 0 Å². The summed E-state index contributed by atoms with van der Waals surface area (Å²) in [6.45, 7) is 0.757. The van der Waals surface area contributed by atoms with Gasteiger partial charge in [-0.1, -0.05) is 0 Å². The molecule has 0 saturated heterocycles. The molecule has 2 rings (SSSR count). The normalized spacial score (nSPS) is 18.7. The first-order valence-corrected chi connectivity index (χ1v) is 7.28. The van der Waals surface area contributed by atoms with Crippen molar-refractivity contribution >= 4 is 9.84 Å². The van der Waals surface area contributed by atoms with E-state index in [0.29, 0.717) is 6.54 Å². The highest BCUT2D eigenvalue weighted by Gasteiger charge is 2.25. The highest BCUT2D eigenvalue weighted by atomic mass is 32.2. The number of hydrogen-bond acceptors (Lipinski definition) is 5. The molecule has 7 heteroatoms. The summed E-state index contributed by atoms with van der Waals surface area (Å²) in [6, 6.07) is 2.23. The van der Waals surface area contributed by atoms with Crippen LogP contribution in [0.5, 0.6) is 11.5 Å². The average Bonchev–Trinajstić information content (AvgIpc) is 2.27. The molecule has 0 amide bonds. The van der Waals surface area contributed by atoms with Gasteiger partial charge in [-0.25, -0.2) is 12.8 Å². The number of ether oxygens (including phenoxy) is 2. The minimum Gasteiger partial charge on any atom is -0.483 e. The van der Waals surface area contributed by atoms with Crippen LogP contribution in [0.25, 0.3) is 0 Å².